The Kier molecular flexibility index (Phi) is 7.76. The van der Waals surface area contributed by atoms with Gasteiger partial charge in [0, 0.05) is 22.9 Å². The maximum absolute atomic E-state index is 13.2. The molecule has 1 N–H and O–H groups in total. The molecule has 178 valence electrons. The molecule has 0 aliphatic carbocycles. The summed E-state index contributed by atoms with van der Waals surface area (Å²) in [6.45, 7) is 10.3. The van der Waals surface area contributed by atoms with Gasteiger partial charge in [0.2, 0.25) is 5.91 Å². The third-order valence-electron chi connectivity index (χ3n) is 5.53. The molecule has 1 unspecified atom stereocenters. The topological polar surface area (TPSA) is 77.1 Å². The molecule has 2 aromatic carbocycles. The van der Waals surface area contributed by atoms with Crippen LogP contribution in [0.4, 0.5) is 16.2 Å². The van der Waals surface area contributed by atoms with E-state index in [-0.39, 0.29) is 18.6 Å². The lowest BCUT2D eigenvalue weighted by Gasteiger charge is -2.25. The Bertz CT molecular complexity index is 958. The molecule has 1 fully saturated rings. The van der Waals surface area contributed by atoms with Gasteiger partial charge in [0.15, 0.2) is 5.79 Å². The first-order valence-corrected chi connectivity index (χ1v) is 11.4. The first kappa shape index (κ1) is 24.7. The summed E-state index contributed by atoms with van der Waals surface area (Å²) in [4.78, 5) is 27.3. The first-order chi connectivity index (χ1) is 15.6. The summed E-state index contributed by atoms with van der Waals surface area (Å²) in [5.41, 5.74) is 0.791. The van der Waals surface area contributed by atoms with E-state index in [9.17, 15) is 9.59 Å². The number of nitrogens with zero attached hydrogens (tertiary/aromatic N) is 1. The number of carbonyl (C=O) groups is 2. The quantitative estimate of drug-likeness (QED) is 0.561. The number of anilines is 2. The molecule has 0 spiro atoms. The normalized spacial score (nSPS) is 17.4. The number of rotatable bonds is 8. The van der Waals surface area contributed by atoms with Crippen LogP contribution in [0.5, 0.6) is 5.75 Å². The Morgan fingerprint density at radius 2 is 1.88 bits per heavy atom. The molecule has 1 heterocycles. The highest BCUT2D eigenvalue weighted by atomic mass is 16.7. The van der Waals surface area contributed by atoms with E-state index in [1.54, 1.807) is 24.3 Å². The molecule has 1 saturated heterocycles. The van der Waals surface area contributed by atoms with Crippen molar-refractivity contribution in [2.45, 2.75) is 59.4 Å². The minimum absolute atomic E-state index is 0.0697. The predicted molar refractivity (Wildman–Crippen MR) is 128 cm³/mol. The van der Waals surface area contributed by atoms with Crippen molar-refractivity contribution >= 4 is 23.4 Å². The molecule has 7 heteroatoms. The number of hydrogen-bond donors (Lipinski definition) is 1. The Labute approximate surface area is 196 Å². The fraction of sp³-hybridized carbons (Fsp3) is 0.462. The molecule has 0 radical (unpaired) electrons. The second-order valence-corrected chi connectivity index (χ2v) is 9.38. The maximum Gasteiger partial charge on any atom is 0.419 e. The van der Waals surface area contributed by atoms with Crippen molar-refractivity contribution in [1.29, 1.82) is 0 Å². The van der Waals surface area contributed by atoms with Gasteiger partial charge in [-0.1, -0.05) is 51.5 Å². The van der Waals surface area contributed by atoms with Crippen LogP contribution in [0.3, 0.4) is 0 Å². The summed E-state index contributed by atoms with van der Waals surface area (Å²) >= 11 is 0. The zero-order chi connectivity index (χ0) is 24.1. The highest BCUT2D eigenvalue weighted by Gasteiger charge is 2.35. The second kappa shape index (κ2) is 10.4. The monoisotopic (exact) mass is 454 g/mol. The maximum atomic E-state index is 13.2. The van der Waals surface area contributed by atoms with E-state index in [0.717, 1.165) is 12.8 Å². The molecule has 1 aliphatic heterocycles. The largest absolute Gasteiger partial charge is 0.419 e. The van der Waals surface area contributed by atoms with Gasteiger partial charge in [-0.2, -0.15) is 0 Å². The minimum Gasteiger partial charge on any atom is -0.410 e. The highest BCUT2D eigenvalue weighted by Crippen LogP contribution is 2.27. The summed E-state index contributed by atoms with van der Waals surface area (Å²) < 4.78 is 17.2. The van der Waals surface area contributed by atoms with Crippen LogP contribution >= 0.6 is 0 Å². The molecular formula is C26H34N2O5. The molecule has 0 aromatic heterocycles. The predicted octanol–water partition coefficient (Wildman–Crippen LogP) is 5.61. The third-order valence-corrected chi connectivity index (χ3v) is 5.53. The van der Waals surface area contributed by atoms with Gasteiger partial charge in [-0.05, 0) is 44.5 Å². The fourth-order valence-electron chi connectivity index (χ4n) is 3.78. The average molecular weight is 455 g/mol. The van der Waals surface area contributed by atoms with Crippen LogP contribution in [-0.2, 0) is 14.3 Å². The fourth-order valence-corrected chi connectivity index (χ4v) is 3.78. The molecule has 33 heavy (non-hydrogen) atoms. The Balaban J connectivity index is 1.73. The minimum atomic E-state index is -0.685. The van der Waals surface area contributed by atoms with Crippen molar-refractivity contribution in [3.63, 3.8) is 0 Å². The van der Waals surface area contributed by atoms with Crippen LogP contribution < -0.4 is 15.0 Å². The van der Waals surface area contributed by atoms with Gasteiger partial charge in [-0.25, -0.2) is 4.79 Å². The molecular weight excluding hydrogens is 420 g/mol. The summed E-state index contributed by atoms with van der Waals surface area (Å²) in [7, 11) is 0. The van der Waals surface area contributed by atoms with Crippen molar-refractivity contribution in [3.05, 3.63) is 54.6 Å². The Morgan fingerprint density at radius 1 is 1.15 bits per heavy atom. The van der Waals surface area contributed by atoms with Crippen LogP contribution in [0.1, 0.15) is 47.5 Å². The van der Waals surface area contributed by atoms with Gasteiger partial charge in [0.25, 0.3) is 0 Å². The molecule has 0 bridgehead atoms. The van der Waals surface area contributed by atoms with Gasteiger partial charge in [-0.15, -0.1) is 0 Å². The van der Waals surface area contributed by atoms with Gasteiger partial charge >= 0.3 is 6.09 Å². The number of nitrogens with one attached hydrogen (secondary N) is 1. The molecule has 2 aromatic rings. The van der Waals surface area contributed by atoms with Crippen LogP contribution in [-0.4, -0.2) is 37.0 Å². The van der Waals surface area contributed by atoms with E-state index in [1.165, 1.54) is 4.90 Å². The highest BCUT2D eigenvalue weighted by molar-refractivity contribution is 5.95. The van der Waals surface area contributed by atoms with Crippen LogP contribution in [0.15, 0.2) is 54.6 Å². The smallest absolute Gasteiger partial charge is 0.410 e. The molecule has 3 rings (SSSR count). The van der Waals surface area contributed by atoms with Crippen molar-refractivity contribution < 1.29 is 23.8 Å². The Hall–Kier alpha value is -2.90. The number of ether oxygens (including phenoxy) is 3. The van der Waals surface area contributed by atoms with E-state index in [4.69, 9.17) is 14.2 Å². The first-order valence-electron chi connectivity index (χ1n) is 11.4. The molecule has 1 aliphatic rings. The molecule has 1 atom stereocenters. The second-order valence-electron chi connectivity index (χ2n) is 9.38. The van der Waals surface area contributed by atoms with Crippen molar-refractivity contribution in [2.75, 3.05) is 23.4 Å². The SMILES string of the molecule is CCCC(C)(C)C(=O)Nc1cccc(OC(=O)N(CC2COC(C)(C)O2)c2ccccc2)c1. The number of amides is 2. The third kappa shape index (κ3) is 6.79. The molecule has 2 amide bonds. The lowest BCUT2D eigenvalue weighted by atomic mass is 9.87. The van der Waals surface area contributed by atoms with E-state index in [1.807, 2.05) is 58.0 Å². The number of carbonyl (C=O) groups excluding carboxylic acids is 2. The molecule has 0 saturated carbocycles. The van der Waals surface area contributed by atoms with Crippen molar-refractivity contribution in [2.24, 2.45) is 5.41 Å². The number of benzene rings is 2. The van der Waals surface area contributed by atoms with Gasteiger partial charge in [0.1, 0.15) is 11.9 Å². The summed E-state index contributed by atoms with van der Waals surface area (Å²) in [5, 5.41) is 2.93. The summed E-state index contributed by atoms with van der Waals surface area (Å²) in [5.74, 6) is -0.412. The lowest BCUT2D eigenvalue weighted by molar-refractivity contribution is -0.137. The standard InChI is InChI=1S/C26H34N2O5/c1-6-15-25(2,3)23(29)27-19-11-10-14-21(16-19)32-24(30)28(20-12-8-7-9-13-20)17-22-18-31-26(4,5)33-22/h7-14,16,22H,6,15,17-18H2,1-5H3,(H,27,29). The number of para-hydroxylation sites is 1. The summed E-state index contributed by atoms with van der Waals surface area (Å²) in [6, 6.07) is 16.2. The van der Waals surface area contributed by atoms with Crippen molar-refractivity contribution in [3.8, 4) is 5.75 Å². The van der Waals surface area contributed by atoms with E-state index >= 15 is 0 Å². The zero-order valence-corrected chi connectivity index (χ0v) is 20.1. The average Bonchev–Trinajstić information content (AvgIpc) is 3.11. The van der Waals surface area contributed by atoms with Crippen LogP contribution in [0, 0.1) is 5.41 Å². The van der Waals surface area contributed by atoms with Crippen molar-refractivity contribution in [1.82, 2.24) is 0 Å². The van der Waals surface area contributed by atoms with E-state index in [2.05, 4.69) is 12.2 Å². The Morgan fingerprint density at radius 3 is 2.52 bits per heavy atom. The lowest BCUT2D eigenvalue weighted by Crippen LogP contribution is -2.40. The number of hydrogen-bond acceptors (Lipinski definition) is 5. The van der Waals surface area contributed by atoms with Gasteiger partial charge in [-0.3, -0.25) is 9.69 Å². The molecule has 7 nitrogen and oxygen atoms in total. The zero-order valence-electron chi connectivity index (χ0n) is 20.1. The summed E-state index contributed by atoms with van der Waals surface area (Å²) in [6.07, 6.45) is 0.882. The van der Waals surface area contributed by atoms with Crippen LogP contribution in [0.25, 0.3) is 0 Å². The van der Waals surface area contributed by atoms with Gasteiger partial charge < -0.3 is 19.5 Å². The van der Waals surface area contributed by atoms with E-state index < -0.39 is 17.3 Å². The van der Waals surface area contributed by atoms with Gasteiger partial charge in [0.05, 0.1) is 13.2 Å². The van der Waals surface area contributed by atoms with E-state index in [0.29, 0.717) is 23.7 Å². The van der Waals surface area contributed by atoms with Crippen LogP contribution in [0.2, 0.25) is 0 Å².